The van der Waals surface area contributed by atoms with Crippen LogP contribution in [0.5, 0.6) is 0 Å². The Hall–Kier alpha value is -2.72. The van der Waals surface area contributed by atoms with Gasteiger partial charge in [-0.25, -0.2) is 0 Å². The first kappa shape index (κ1) is 17.7. The van der Waals surface area contributed by atoms with E-state index in [2.05, 4.69) is 16.0 Å². The van der Waals surface area contributed by atoms with Gasteiger partial charge in [0.1, 0.15) is 0 Å². The van der Waals surface area contributed by atoms with Crippen molar-refractivity contribution in [2.45, 2.75) is 25.3 Å². The summed E-state index contributed by atoms with van der Waals surface area (Å²) in [5.41, 5.74) is 3.56. The molecule has 0 radical (unpaired) electrons. The molecule has 0 aliphatic carbocycles. The van der Waals surface area contributed by atoms with Crippen molar-refractivity contribution in [2.75, 3.05) is 6.54 Å². The Balaban J connectivity index is 1.59. The standard InChI is InChI=1S/C22H20ClN3O/c23-19-7-3-5-16(13-19)20-10-9-17(15-25-20)21-8-1-2-12-26(21)22(27)18-6-4-11-24-14-18/h3-7,9-11,13-15,21H,1-2,8,12H2. The fourth-order valence-electron chi connectivity index (χ4n) is 3.60. The van der Waals surface area contributed by atoms with Crippen LogP contribution >= 0.6 is 11.6 Å². The summed E-state index contributed by atoms with van der Waals surface area (Å²) in [6.45, 7) is 0.758. The average molecular weight is 378 g/mol. The topological polar surface area (TPSA) is 46.1 Å². The van der Waals surface area contributed by atoms with Gasteiger partial charge in [0.25, 0.3) is 5.91 Å². The predicted molar refractivity (Wildman–Crippen MR) is 107 cm³/mol. The van der Waals surface area contributed by atoms with Crippen LogP contribution in [0.4, 0.5) is 0 Å². The minimum atomic E-state index is 0.0340. The largest absolute Gasteiger partial charge is 0.332 e. The average Bonchev–Trinajstić information content (AvgIpc) is 2.74. The lowest BCUT2D eigenvalue weighted by molar-refractivity contribution is 0.0611. The van der Waals surface area contributed by atoms with E-state index in [1.807, 2.05) is 47.5 Å². The lowest BCUT2D eigenvalue weighted by Gasteiger charge is -2.36. The number of carbonyl (C=O) groups excluding carboxylic acids is 1. The molecular formula is C22H20ClN3O. The Morgan fingerprint density at radius 3 is 2.74 bits per heavy atom. The molecule has 27 heavy (non-hydrogen) atoms. The molecule has 1 amide bonds. The van der Waals surface area contributed by atoms with E-state index in [1.165, 1.54) is 0 Å². The van der Waals surface area contributed by atoms with Crippen molar-refractivity contribution in [1.29, 1.82) is 0 Å². The van der Waals surface area contributed by atoms with Crippen molar-refractivity contribution >= 4 is 17.5 Å². The van der Waals surface area contributed by atoms with Gasteiger partial charge in [0.2, 0.25) is 0 Å². The molecule has 0 bridgehead atoms. The minimum Gasteiger partial charge on any atom is -0.332 e. The summed E-state index contributed by atoms with van der Waals surface area (Å²) in [4.78, 5) is 23.6. The highest BCUT2D eigenvalue weighted by molar-refractivity contribution is 6.30. The minimum absolute atomic E-state index is 0.0340. The van der Waals surface area contributed by atoms with Crippen LogP contribution in [0.25, 0.3) is 11.3 Å². The van der Waals surface area contributed by atoms with Crippen molar-refractivity contribution in [3.05, 3.63) is 83.3 Å². The van der Waals surface area contributed by atoms with Crippen LogP contribution in [0.3, 0.4) is 0 Å². The second-order valence-corrected chi connectivity index (χ2v) is 7.18. The van der Waals surface area contributed by atoms with Crippen LogP contribution in [0.2, 0.25) is 5.02 Å². The molecule has 1 saturated heterocycles. The number of benzene rings is 1. The van der Waals surface area contributed by atoms with Gasteiger partial charge in [-0.1, -0.05) is 29.8 Å². The first-order chi connectivity index (χ1) is 13.2. The van der Waals surface area contributed by atoms with Crippen LogP contribution in [-0.2, 0) is 0 Å². The van der Waals surface area contributed by atoms with E-state index >= 15 is 0 Å². The third-order valence-corrected chi connectivity index (χ3v) is 5.20. The molecule has 1 aliphatic heterocycles. The normalized spacial score (nSPS) is 16.9. The summed E-state index contributed by atoms with van der Waals surface area (Å²) >= 11 is 6.08. The first-order valence-corrected chi connectivity index (χ1v) is 9.53. The molecule has 1 aliphatic rings. The van der Waals surface area contributed by atoms with Crippen molar-refractivity contribution < 1.29 is 4.79 Å². The van der Waals surface area contributed by atoms with Crippen molar-refractivity contribution in [2.24, 2.45) is 0 Å². The van der Waals surface area contributed by atoms with E-state index in [4.69, 9.17) is 11.6 Å². The number of amides is 1. The Kier molecular flexibility index (Phi) is 5.16. The Morgan fingerprint density at radius 2 is 2.00 bits per heavy atom. The molecule has 5 heteroatoms. The number of rotatable bonds is 3. The van der Waals surface area contributed by atoms with Crippen molar-refractivity contribution in [3.8, 4) is 11.3 Å². The van der Waals surface area contributed by atoms with E-state index < -0.39 is 0 Å². The fourth-order valence-corrected chi connectivity index (χ4v) is 3.79. The summed E-state index contributed by atoms with van der Waals surface area (Å²) in [6.07, 6.45) is 8.28. The SMILES string of the molecule is O=C(c1cccnc1)N1CCCCC1c1ccc(-c2cccc(Cl)c2)nc1. The summed E-state index contributed by atoms with van der Waals surface area (Å²) in [6, 6.07) is 15.4. The number of pyridine rings is 2. The van der Waals surface area contributed by atoms with Crippen LogP contribution in [0, 0.1) is 0 Å². The number of aromatic nitrogens is 2. The summed E-state index contributed by atoms with van der Waals surface area (Å²) < 4.78 is 0. The molecule has 1 unspecified atom stereocenters. The monoisotopic (exact) mass is 377 g/mol. The molecule has 0 N–H and O–H groups in total. The van der Waals surface area contributed by atoms with Crippen LogP contribution in [-0.4, -0.2) is 27.3 Å². The maximum Gasteiger partial charge on any atom is 0.255 e. The Bertz CT molecular complexity index is 928. The quantitative estimate of drug-likeness (QED) is 0.633. The van der Waals surface area contributed by atoms with E-state index in [-0.39, 0.29) is 11.9 Å². The maximum atomic E-state index is 13.0. The number of hydrogen-bond acceptors (Lipinski definition) is 3. The Morgan fingerprint density at radius 1 is 1.07 bits per heavy atom. The van der Waals surface area contributed by atoms with Gasteiger partial charge in [-0.05, 0) is 55.2 Å². The van der Waals surface area contributed by atoms with E-state index in [0.29, 0.717) is 10.6 Å². The van der Waals surface area contributed by atoms with E-state index in [0.717, 1.165) is 42.6 Å². The van der Waals surface area contributed by atoms with Gasteiger partial charge in [-0.15, -0.1) is 0 Å². The summed E-state index contributed by atoms with van der Waals surface area (Å²) in [7, 11) is 0. The van der Waals surface area contributed by atoms with Crippen molar-refractivity contribution in [3.63, 3.8) is 0 Å². The highest BCUT2D eigenvalue weighted by Gasteiger charge is 2.29. The molecule has 0 spiro atoms. The van der Waals surface area contributed by atoms with Gasteiger partial charge >= 0.3 is 0 Å². The second kappa shape index (κ2) is 7.89. The number of carbonyl (C=O) groups is 1. The molecule has 3 aromatic rings. The van der Waals surface area contributed by atoms with Crippen LogP contribution in [0.1, 0.15) is 41.2 Å². The van der Waals surface area contributed by atoms with Gasteiger partial charge in [-0.2, -0.15) is 0 Å². The van der Waals surface area contributed by atoms with Gasteiger partial charge in [0.15, 0.2) is 0 Å². The highest BCUT2D eigenvalue weighted by atomic mass is 35.5. The summed E-state index contributed by atoms with van der Waals surface area (Å²) in [5.74, 6) is 0.0340. The molecule has 2 aromatic heterocycles. The lowest BCUT2D eigenvalue weighted by atomic mass is 9.95. The number of nitrogens with zero attached hydrogens (tertiary/aromatic N) is 3. The lowest BCUT2D eigenvalue weighted by Crippen LogP contribution is -2.38. The predicted octanol–water partition coefficient (Wildman–Crippen LogP) is 5.16. The van der Waals surface area contributed by atoms with Gasteiger partial charge in [0, 0.05) is 35.7 Å². The van der Waals surface area contributed by atoms with Gasteiger partial charge in [0.05, 0.1) is 17.3 Å². The third-order valence-electron chi connectivity index (χ3n) is 4.96. The second-order valence-electron chi connectivity index (χ2n) is 6.74. The summed E-state index contributed by atoms with van der Waals surface area (Å²) in [5, 5.41) is 0.693. The van der Waals surface area contributed by atoms with Crippen LogP contribution < -0.4 is 0 Å². The molecule has 4 nitrogen and oxygen atoms in total. The van der Waals surface area contributed by atoms with Crippen molar-refractivity contribution in [1.82, 2.24) is 14.9 Å². The molecule has 136 valence electrons. The van der Waals surface area contributed by atoms with Gasteiger partial charge < -0.3 is 4.90 Å². The first-order valence-electron chi connectivity index (χ1n) is 9.15. The molecule has 1 atom stereocenters. The van der Waals surface area contributed by atoms with E-state index in [1.54, 1.807) is 18.5 Å². The highest BCUT2D eigenvalue weighted by Crippen LogP contribution is 2.32. The zero-order valence-electron chi connectivity index (χ0n) is 14.9. The number of hydrogen-bond donors (Lipinski definition) is 0. The number of piperidine rings is 1. The Labute approximate surface area is 163 Å². The zero-order valence-corrected chi connectivity index (χ0v) is 15.6. The van der Waals surface area contributed by atoms with Crippen LogP contribution in [0.15, 0.2) is 67.1 Å². The maximum absolute atomic E-state index is 13.0. The smallest absolute Gasteiger partial charge is 0.255 e. The van der Waals surface area contributed by atoms with E-state index in [9.17, 15) is 4.79 Å². The fraction of sp³-hybridized carbons (Fsp3) is 0.227. The number of halogens is 1. The molecule has 3 heterocycles. The van der Waals surface area contributed by atoms with Gasteiger partial charge in [-0.3, -0.25) is 14.8 Å². The number of likely N-dealkylation sites (tertiary alicyclic amines) is 1. The molecular weight excluding hydrogens is 358 g/mol. The molecule has 1 fully saturated rings. The molecule has 4 rings (SSSR count). The molecule has 1 aromatic carbocycles. The molecule has 0 saturated carbocycles. The zero-order chi connectivity index (χ0) is 18.6. The third kappa shape index (κ3) is 3.86.